The van der Waals surface area contributed by atoms with Gasteiger partial charge in [-0.25, -0.2) is 4.98 Å². The van der Waals surface area contributed by atoms with Gasteiger partial charge in [0.2, 0.25) is 5.91 Å². The second-order valence-electron chi connectivity index (χ2n) is 4.00. The van der Waals surface area contributed by atoms with Gasteiger partial charge in [0.1, 0.15) is 9.48 Å². The van der Waals surface area contributed by atoms with Gasteiger partial charge in [0.25, 0.3) is 0 Å². The molecule has 1 aromatic rings. The van der Waals surface area contributed by atoms with Crippen molar-refractivity contribution in [3.63, 3.8) is 0 Å². The third-order valence-electron chi connectivity index (χ3n) is 1.62. The molecule has 82 valence electrons. The summed E-state index contributed by atoms with van der Waals surface area (Å²) in [7, 11) is 0. The van der Waals surface area contributed by atoms with Gasteiger partial charge in [-0.15, -0.1) is 0 Å². The van der Waals surface area contributed by atoms with Crippen LogP contribution >= 0.6 is 27.3 Å². The molecule has 0 saturated carbocycles. The van der Waals surface area contributed by atoms with E-state index in [-0.39, 0.29) is 5.91 Å². The lowest BCUT2D eigenvalue weighted by Gasteiger charge is -2.15. The molecular formula is C9H11BrN2O2S. The molecule has 1 N–H and O–H groups in total. The molecule has 4 nitrogen and oxygen atoms in total. The van der Waals surface area contributed by atoms with Gasteiger partial charge < -0.3 is 5.32 Å². The maximum atomic E-state index is 11.6. The first-order valence-corrected chi connectivity index (χ1v) is 5.88. The number of aromatic nitrogens is 1. The summed E-state index contributed by atoms with van der Waals surface area (Å²) in [4.78, 5) is 26.6. The third-order valence-corrected chi connectivity index (χ3v) is 3.38. The van der Waals surface area contributed by atoms with Gasteiger partial charge in [-0.05, 0) is 15.9 Å². The van der Waals surface area contributed by atoms with Crippen molar-refractivity contribution < 1.29 is 9.59 Å². The van der Waals surface area contributed by atoms with Crippen molar-refractivity contribution in [2.45, 2.75) is 20.8 Å². The molecule has 0 aliphatic heterocycles. The van der Waals surface area contributed by atoms with Gasteiger partial charge in [-0.1, -0.05) is 32.1 Å². The fourth-order valence-corrected chi connectivity index (χ4v) is 2.02. The van der Waals surface area contributed by atoms with Crippen LogP contribution in [0.4, 0.5) is 5.13 Å². The highest BCUT2D eigenvalue weighted by Gasteiger charge is 2.22. The van der Waals surface area contributed by atoms with Crippen molar-refractivity contribution >= 4 is 44.6 Å². The average Bonchev–Trinajstić information content (AvgIpc) is 2.44. The Hall–Kier alpha value is -0.750. The largest absolute Gasteiger partial charge is 0.301 e. The number of amides is 1. The third kappa shape index (κ3) is 3.10. The standard InChI is InChI=1S/C9H11BrN2O2S/c1-9(2,3)7(14)12-8-11-6(10)5(4-13)15-8/h4H,1-3H3,(H,11,12,14). The lowest BCUT2D eigenvalue weighted by Crippen LogP contribution is -2.27. The average molecular weight is 291 g/mol. The zero-order valence-electron chi connectivity index (χ0n) is 8.63. The number of hydrogen-bond acceptors (Lipinski definition) is 4. The number of carbonyl (C=O) groups excluding carboxylic acids is 2. The summed E-state index contributed by atoms with van der Waals surface area (Å²) in [6, 6.07) is 0. The van der Waals surface area contributed by atoms with Crippen molar-refractivity contribution in [1.82, 2.24) is 4.98 Å². The minimum absolute atomic E-state index is 0.124. The van der Waals surface area contributed by atoms with Crippen LogP contribution in [0.2, 0.25) is 0 Å². The van der Waals surface area contributed by atoms with Crippen molar-refractivity contribution in [3.8, 4) is 0 Å². The number of anilines is 1. The summed E-state index contributed by atoms with van der Waals surface area (Å²) >= 11 is 4.28. The summed E-state index contributed by atoms with van der Waals surface area (Å²) < 4.78 is 0.465. The molecular weight excluding hydrogens is 280 g/mol. The lowest BCUT2D eigenvalue weighted by atomic mass is 9.96. The van der Waals surface area contributed by atoms with Crippen LogP contribution in [0.1, 0.15) is 30.4 Å². The van der Waals surface area contributed by atoms with Crippen LogP contribution < -0.4 is 5.32 Å². The maximum absolute atomic E-state index is 11.6. The van der Waals surface area contributed by atoms with Gasteiger partial charge in [-0.3, -0.25) is 9.59 Å². The number of aldehydes is 1. The molecule has 1 rings (SSSR count). The van der Waals surface area contributed by atoms with E-state index in [1.54, 1.807) is 0 Å². The Balaban J connectivity index is 2.82. The fraction of sp³-hybridized carbons (Fsp3) is 0.444. The van der Waals surface area contributed by atoms with Gasteiger partial charge in [-0.2, -0.15) is 0 Å². The summed E-state index contributed by atoms with van der Waals surface area (Å²) in [6.07, 6.45) is 0.703. The number of hydrogen-bond donors (Lipinski definition) is 1. The minimum atomic E-state index is -0.473. The Bertz CT molecular complexity index is 395. The quantitative estimate of drug-likeness (QED) is 0.852. The maximum Gasteiger partial charge on any atom is 0.231 e. The Morgan fingerprint density at radius 1 is 1.53 bits per heavy atom. The first-order chi connectivity index (χ1) is 6.84. The van der Waals surface area contributed by atoms with E-state index in [1.807, 2.05) is 20.8 Å². The molecule has 1 heterocycles. The summed E-state index contributed by atoms with van der Waals surface area (Å²) in [5.41, 5.74) is -0.473. The van der Waals surface area contributed by atoms with Crippen molar-refractivity contribution in [2.24, 2.45) is 5.41 Å². The molecule has 0 fully saturated rings. The molecule has 0 aromatic carbocycles. The molecule has 0 unspecified atom stereocenters. The van der Waals surface area contributed by atoms with Gasteiger partial charge in [0.15, 0.2) is 11.4 Å². The van der Waals surface area contributed by atoms with E-state index in [0.717, 1.165) is 11.3 Å². The molecule has 6 heteroatoms. The highest BCUT2D eigenvalue weighted by Crippen LogP contribution is 2.27. The van der Waals surface area contributed by atoms with E-state index in [9.17, 15) is 9.59 Å². The lowest BCUT2D eigenvalue weighted by molar-refractivity contribution is -0.123. The van der Waals surface area contributed by atoms with E-state index < -0.39 is 5.41 Å². The van der Waals surface area contributed by atoms with E-state index in [0.29, 0.717) is 20.9 Å². The molecule has 0 aliphatic rings. The van der Waals surface area contributed by atoms with Crippen LogP contribution in [-0.2, 0) is 4.79 Å². The molecule has 1 amide bonds. The van der Waals surface area contributed by atoms with E-state index in [1.165, 1.54) is 0 Å². The van der Waals surface area contributed by atoms with Crippen molar-refractivity contribution in [1.29, 1.82) is 0 Å². The summed E-state index contributed by atoms with van der Waals surface area (Å²) in [6.45, 7) is 5.43. The smallest absolute Gasteiger partial charge is 0.231 e. The monoisotopic (exact) mass is 290 g/mol. The van der Waals surface area contributed by atoms with Crippen molar-refractivity contribution in [2.75, 3.05) is 5.32 Å². The fourth-order valence-electron chi connectivity index (χ4n) is 0.724. The summed E-state index contributed by atoms with van der Waals surface area (Å²) in [5, 5.41) is 3.09. The molecule has 0 radical (unpaired) electrons. The van der Waals surface area contributed by atoms with E-state index >= 15 is 0 Å². The van der Waals surface area contributed by atoms with Crippen LogP contribution in [0.25, 0.3) is 0 Å². The Labute approximate surface area is 100 Å². The number of nitrogens with zero attached hydrogens (tertiary/aromatic N) is 1. The van der Waals surface area contributed by atoms with Crippen LogP contribution in [0, 0.1) is 5.41 Å². The number of thiazole rings is 1. The summed E-state index contributed by atoms with van der Waals surface area (Å²) in [5.74, 6) is -0.124. The van der Waals surface area contributed by atoms with Gasteiger partial charge >= 0.3 is 0 Å². The van der Waals surface area contributed by atoms with E-state index in [4.69, 9.17) is 0 Å². The molecule has 0 atom stereocenters. The highest BCUT2D eigenvalue weighted by atomic mass is 79.9. The first-order valence-electron chi connectivity index (χ1n) is 4.27. The molecule has 0 aliphatic carbocycles. The van der Waals surface area contributed by atoms with Crippen LogP contribution in [0.5, 0.6) is 0 Å². The second-order valence-corrected chi connectivity index (χ2v) is 5.78. The number of nitrogens with one attached hydrogen (secondary N) is 1. The second kappa shape index (κ2) is 4.40. The first kappa shape index (κ1) is 12.3. The van der Waals surface area contributed by atoms with Crippen LogP contribution in [0.15, 0.2) is 4.60 Å². The molecule has 0 bridgehead atoms. The molecule has 1 aromatic heterocycles. The number of carbonyl (C=O) groups is 2. The normalized spacial score (nSPS) is 11.2. The Morgan fingerprint density at radius 2 is 2.13 bits per heavy atom. The molecule has 15 heavy (non-hydrogen) atoms. The Morgan fingerprint density at radius 3 is 2.53 bits per heavy atom. The SMILES string of the molecule is CC(C)(C)C(=O)Nc1nc(Br)c(C=O)s1. The van der Waals surface area contributed by atoms with E-state index in [2.05, 4.69) is 26.2 Å². The minimum Gasteiger partial charge on any atom is -0.301 e. The molecule has 0 saturated heterocycles. The Kier molecular flexibility index (Phi) is 3.62. The van der Waals surface area contributed by atoms with Gasteiger partial charge in [0.05, 0.1) is 0 Å². The topological polar surface area (TPSA) is 59.1 Å². The van der Waals surface area contributed by atoms with Gasteiger partial charge in [0, 0.05) is 5.41 Å². The number of rotatable bonds is 2. The van der Waals surface area contributed by atoms with Crippen LogP contribution in [-0.4, -0.2) is 17.2 Å². The highest BCUT2D eigenvalue weighted by molar-refractivity contribution is 9.10. The van der Waals surface area contributed by atoms with Crippen molar-refractivity contribution in [3.05, 3.63) is 9.48 Å². The zero-order valence-corrected chi connectivity index (χ0v) is 11.0. The number of halogens is 1. The molecule has 0 spiro atoms. The zero-order chi connectivity index (χ0) is 11.6. The predicted molar refractivity (Wildman–Crippen MR) is 63.3 cm³/mol. The predicted octanol–water partition coefficient (Wildman–Crippen LogP) is 2.70. The van der Waals surface area contributed by atoms with Crippen LogP contribution in [0.3, 0.4) is 0 Å².